The molecule has 5 heteroatoms. The highest BCUT2D eigenvalue weighted by molar-refractivity contribution is 6.07. The van der Waals surface area contributed by atoms with Crippen LogP contribution in [-0.2, 0) is 6.54 Å². The van der Waals surface area contributed by atoms with Crippen molar-refractivity contribution in [2.45, 2.75) is 32.7 Å². The van der Waals surface area contributed by atoms with Gasteiger partial charge in [-0.25, -0.2) is 4.39 Å². The predicted octanol–water partition coefficient (Wildman–Crippen LogP) is 4.92. The number of nitrogens with one attached hydrogen (secondary N) is 1. The van der Waals surface area contributed by atoms with Gasteiger partial charge in [0.1, 0.15) is 5.82 Å². The normalized spacial score (nSPS) is 14.3. The van der Waals surface area contributed by atoms with Crippen molar-refractivity contribution in [1.29, 1.82) is 0 Å². The van der Waals surface area contributed by atoms with E-state index in [1.54, 1.807) is 12.3 Å². The van der Waals surface area contributed by atoms with Gasteiger partial charge in [0.25, 0.3) is 5.91 Å². The number of anilines is 1. The summed E-state index contributed by atoms with van der Waals surface area (Å²) in [5.41, 5.74) is 4.12. The zero-order valence-corrected chi connectivity index (χ0v) is 16.0. The lowest BCUT2D eigenvalue weighted by Crippen LogP contribution is -2.36. The number of likely N-dealkylation sites (tertiary alicyclic amines) is 1. The molecule has 0 unspecified atom stereocenters. The Balaban J connectivity index is 1.73. The van der Waals surface area contributed by atoms with Crippen LogP contribution in [0, 0.1) is 12.7 Å². The summed E-state index contributed by atoms with van der Waals surface area (Å²) in [6, 6.07) is 12.7. The van der Waals surface area contributed by atoms with Gasteiger partial charge in [0.05, 0.1) is 16.8 Å². The molecule has 4 rings (SSSR count). The van der Waals surface area contributed by atoms with Crippen LogP contribution in [-0.4, -0.2) is 28.9 Å². The molecule has 0 saturated carbocycles. The van der Waals surface area contributed by atoms with Crippen LogP contribution >= 0.6 is 0 Å². The fraction of sp³-hybridized carbons (Fsp3) is 0.304. The summed E-state index contributed by atoms with van der Waals surface area (Å²) in [4.78, 5) is 19.5. The largest absolute Gasteiger partial charge is 0.380 e. The smallest absolute Gasteiger partial charge is 0.257 e. The summed E-state index contributed by atoms with van der Waals surface area (Å²) in [7, 11) is 0. The molecule has 0 bridgehead atoms. The second kappa shape index (κ2) is 7.97. The number of piperidine rings is 1. The first-order chi connectivity index (χ1) is 13.6. The van der Waals surface area contributed by atoms with E-state index in [1.165, 1.54) is 17.7 Å². The minimum atomic E-state index is -0.338. The molecule has 1 amide bonds. The Morgan fingerprint density at radius 2 is 1.96 bits per heavy atom. The van der Waals surface area contributed by atoms with Gasteiger partial charge in [0, 0.05) is 31.2 Å². The number of pyridine rings is 1. The lowest BCUT2D eigenvalue weighted by Gasteiger charge is -2.27. The van der Waals surface area contributed by atoms with Crippen LogP contribution in [0.15, 0.2) is 48.7 Å². The molecule has 0 radical (unpaired) electrons. The molecule has 1 aromatic heterocycles. The van der Waals surface area contributed by atoms with E-state index in [-0.39, 0.29) is 11.7 Å². The van der Waals surface area contributed by atoms with Gasteiger partial charge in [-0.05, 0) is 49.9 Å². The van der Waals surface area contributed by atoms with Crippen molar-refractivity contribution in [1.82, 2.24) is 9.88 Å². The van der Waals surface area contributed by atoms with E-state index in [2.05, 4.69) is 16.4 Å². The number of fused-ring (bicyclic) bond motifs is 1. The topological polar surface area (TPSA) is 45.2 Å². The average Bonchev–Trinajstić information content (AvgIpc) is 2.72. The predicted molar refractivity (Wildman–Crippen MR) is 110 cm³/mol. The molecular weight excluding hydrogens is 353 g/mol. The van der Waals surface area contributed by atoms with Crippen LogP contribution in [0.2, 0.25) is 0 Å². The SMILES string of the molecule is Cc1cccc(CNc2c(C(=O)N3CCCCC3)cnc3ccc(F)cc23)c1. The second-order valence-electron chi connectivity index (χ2n) is 7.40. The highest BCUT2D eigenvalue weighted by Gasteiger charge is 2.23. The molecule has 2 heterocycles. The van der Waals surface area contributed by atoms with Crippen molar-refractivity contribution in [3.05, 3.63) is 71.2 Å². The van der Waals surface area contributed by atoms with Crippen molar-refractivity contribution in [3.63, 3.8) is 0 Å². The minimum absolute atomic E-state index is 0.0369. The third kappa shape index (κ3) is 3.84. The van der Waals surface area contributed by atoms with Crippen LogP contribution in [0.4, 0.5) is 10.1 Å². The van der Waals surface area contributed by atoms with Gasteiger partial charge in [0.15, 0.2) is 0 Å². The first-order valence-corrected chi connectivity index (χ1v) is 9.79. The summed E-state index contributed by atoms with van der Waals surface area (Å²) in [6.45, 7) is 4.12. The number of carbonyl (C=O) groups is 1. The molecule has 0 spiro atoms. The van der Waals surface area contributed by atoms with Gasteiger partial charge in [-0.3, -0.25) is 9.78 Å². The number of benzene rings is 2. The molecule has 1 aliphatic heterocycles. The Labute approximate surface area is 164 Å². The van der Waals surface area contributed by atoms with Crippen molar-refractivity contribution < 1.29 is 9.18 Å². The summed E-state index contributed by atoms with van der Waals surface area (Å²) in [6.07, 6.45) is 4.82. The van der Waals surface area contributed by atoms with Gasteiger partial charge in [0.2, 0.25) is 0 Å². The number of amides is 1. The van der Waals surface area contributed by atoms with Crippen LogP contribution in [0.3, 0.4) is 0 Å². The quantitative estimate of drug-likeness (QED) is 0.702. The minimum Gasteiger partial charge on any atom is -0.380 e. The van der Waals surface area contributed by atoms with Crippen LogP contribution in [0.1, 0.15) is 40.7 Å². The molecule has 1 fully saturated rings. The van der Waals surface area contributed by atoms with Gasteiger partial charge in [-0.1, -0.05) is 29.8 Å². The second-order valence-corrected chi connectivity index (χ2v) is 7.40. The maximum absolute atomic E-state index is 14.0. The van der Waals surface area contributed by atoms with Crippen molar-refractivity contribution in [2.24, 2.45) is 0 Å². The van der Waals surface area contributed by atoms with Crippen LogP contribution < -0.4 is 5.32 Å². The Morgan fingerprint density at radius 3 is 2.75 bits per heavy atom. The van der Waals surface area contributed by atoms with E-state index >= 15 is 0 Å². The highest BCUT2D eigenvalue weighted by Crippen LogP contribution is 2.29. The standard InChI is InChI=1S/C23H24FN3O/c1-16-6-5-7-17(12-16)14-26-22-19-13-18(24)8-9-21(19)25-15-20(22)23(28)27-10-3-2-4-11-27/h5-9,12-13,15H,2-4,10-11,14H2,1H3,(H,25,26). The van der Waals surface area contributed by atoms with E-state index in [0.29, 0.717) is 28.7 Å². The summed E-state index contributed by atoms with van der Waals surface area (Å²) in [5, 5.41) is 4.03. The number of halogens is 1. The Bertz CT molecular complexity index is 1010. The Hall–Kier alpha value is -2.95. The van der Waals surface area contributed by atoms with E-state index < -0.39 is 0 Å². The van der Waals surface area contributed by atoms with Gasteiger partial charge < -0.3 is 10.2 Å². The highest BCUT2D eigenvalue weighted by atomic mass is 19.1. The monoisotopic (exact) mass is 377 g/mol. The van der Waals surface area contributed by atoms with Gasteiger partial charge in [-0.15, -0.1) is 0 Å². The molecule has 4 nitrogen and oxygen atoms in total. The summed E-state index contributed by atoms with van der Waals surface area (Å²) < 4.78 is 14.0. The molecule has 3 aromatic rings. The van der Waals surface area contributed by atoms with Gasteiger partial charge >= 0.3 is 0 Å². The van der Waals surface area contributed by atoms with E-state index in [4.69, 9.17) is 0 Å². The van der Waals surface area contributed by atoms with Crippen molar-refractivity contribution in [3.8, 4) is 0 Å². The summed E-state index contributed by atoms with van der Waals surface area (Å²) >= 11 is 0. The molecule has 1 saturated heterocycles. The number of hydrogen-bond acceptors (Lipinski definition) is 3. The first kappa shape index (κ1) is 18.4. The Morgan fingerprint density at radius 1 is 1.14 bits per heavy atom. The number of aryl methyl sites for hydroxylation is 1. The van der Waals surface area contributed by atoms with E-state index in [0.717, 1.165) is 37.9 Å². The zero-order chi connectivity index (χ0) is 19.5. The molecule has 2 aromatic carbocycles. The molecular formula is C23H24FN3O. The maximum Gasteiger partial charge on any atom is 0.257 e. The summed E-state index contributed by atoms with van der Waals surface area (Å²) in [5.74, 6) is -0.374. The van der Waals surface area contributed by atoms with Crippen molar-refractivity contribution in [2.75, 3.05) is 18.4 Å². The molecule has 1 N–H and O–H groups in total. The molecule has 144 valence electrons. The molecule has 0 aliphatic carbocycles. The fourth-order valence-electron chi connectivity index (χ4n) is 3.80. The third-order valence-electron chi connectivity index (χ3n) is 5.26. The molecule has 28 heavy (non-hydrogen) atoms. The average molecular weight is 377 g/mol. The maximum atomic E-state index is 14.0. The van der Waals surface area contributed by atoms with E-state index in [1.807, 2.05) is 30.0 Å². The lowest BCUT2D eigenvalue weighted by atomic mass is 10.1. The van der Waals surface area contributed by atoms with Crippen LogP contribution in [0.25, 0.3) is 10.9 Å². The number of carbonyl (C=O) groups excluding carboxylic acids is 1. The number of nitrogens with zero attached hydrogens (tertiary/aromatic N) is 2. The number of aromatic nitrogens is 1. The lowest BCUT2D eigenvalue weighted by molar-refractivity contribution is 0.0725. The fourth-order valence-corrected chi connectivity index (χ4v) is 3.80. The zero-order valence-electron chi connectivity index (χ0n) is 16.0. The Kier molecular flexibility index (Phi) is 5.24. The third-order valence-corrected chi connectivity index (χ3v) is 5.26. The number of hydrogen-bond donors (Lipinski definition) is 1. The van der Waals surface area contributed by atoms with E-state index in [9.17, 15) is 9.18 Å². The molecule has 1 aliphatic rings. The van der Waals surface area contributed by atoms with Crippen LogP contribution in [0.5, 0.6) is 0 Å². The van der Waals surface area contributed by atoms with Gasteiger partial charge in [-0.2, -0.15) is 0 Å². The van der Waals surface area contributed by atoms with Crippen molar-refractivity contribution >= 4 is 22.5 Å². The molecule has 0 atom stereocenters. The first-order valence-electron chi connectivity index (χ1n) is 9.79. The number of rotatable bonds is 4.